The van der Waals surface area contributed by atoms with Crippen LogP contribution in [0.3, 0.4) is 0 Å². The Balaban J connectivity index is 1.51. The lowest BCUT2D eigenvalue weighted by Crippen LogP contribution is -2.23. The van der Waals surface area contributed by atoms with Crippen LogP contribution in [0.15, 0.2) is 24.8 Å². The van der Waals surface area contributed by atoms with Crippen LogP contribution in [0.1, 0.15) is 26.3 Å². The second-order valence-corrected chi connectivity index (χ2v) is 7.74. The van der Waals surface area contributed by atoms with Crippen molar-refractivity contribution in [3.63, 3.8) is 0 Å². The van der Waals surface area contributed by atoms with Crippen molar-refractivity contribution in [1.82, 2.24) is 29.3 Å². The Hall–Kier alpha value is -2.94. The maximum absolute atomic E-state index is 6.04. The molecule has 2 aliphatic heterocycles. The number of hydrogen-bond acceptors (Lipinski definition) is 7. The first-order valence-electron chi connectivity index (χ1n) is 10.0. The number of rotatable bonds is 4. The second-order valence-electron chi connectivity index (χ2n) is 7.74. The third-order valence-corrected chi connectivity index (χ3v) is 5.55. The van der Waals surface area contributed by atoms with Crippen LogP contribution < -0.4 is 9.64 Å². The van der Waals surface area contributed by atoms with Gasteiger partial charge in [-0.1, -0.05) is 0 Å². The maximum Gasteiger partial charge on any atom is 0.178 e. The summed E-state index contributed by atoms with van der Waals surface area (Å²) in [6.45, 7) is 7.26. The van der Waals surface area contributed by atoms with E-state index in [2.05, 4.69) is 33.4 Å². The van der Waals surface area contributed by atoms with Crippen LogP contribution >= 0.6 is 0 Å². The molecule has 3 aromatic heterocycles. The number of fused-ring (bicyclic) bond motifs is 3. The van der Waals surface area contributed by atoms with E-state index >= 15 is 0 Å². The monoisotopic (exact) mass is 395 g/mol. The van der Waals surface area contributed by atoms with E-state index in [1.165, 1.54) is 0 Å². The number of anilines is 1. The van der Waals surface area contributed by atoms with Crippen LogP contribution in [-0.2, 0) is 11.3 Å². The van der Waals surface area contributed by atoms with Crippen molar-refractivity contribution < 1.29 is 9.47 Å². The number of aromatic nitrogens is 6. The lowest BCUT2D eigenvalue weighted by atomic mass is 10.2. The largest absolute Gasteiger partial charge is 0.491 e. The van der Waals surface area contributed by atoms with Gasteiger partial charge < -0.3 is 18.9 Å². The molecule has 1 fully saturated rings. The molecule has 0 N–H and O–H groups in total. The second kappa shape index (κ2) is 7.14. The molecule has 29 heavy (non-hydrogen) atoms. The summed E-state index contributed by atoms with van der Waals surface area (Å²) in [5.41, 5.74) is 1.71. The minimum absolute atomic E-state index is 0.213. The van der Waals surface area contributed by atoms with Crippen LogP contribution in [-0.4, -0.2) is 62.2 Å². The SMILES string of the molecule is CO[C@H]1CCN(c2cc3c(cn2)-c2nc(-c4ncnn4C(C)C)cn2CCO3)C1. The quantitative estimate of drug-likeness (QED) is 0.671. The van der Waals surface area contributed by atoms with Gasteiger partial charge in [-0.15, -0.1) is 0 Å². The molecule has 9 nitrogen and oxygen atoms in total. The maximum atomic E-state index is 6.04. The first-order valence-corrected chi connectivity index (χ1v) is 10.0. The Morgan fingerprint density at radius 2 is 2.10 bits per heavy atom. The Morgan fingerprint density at radius 3 is 2.90 bits per heavy atom. The van der Waals surface area contributed by atoms with E-state index in [1.54, 1.807) is 13.4 Å². The molecule has 5 heterocycles. The summed E-state index contributed by atoms with van der Waals surface area (Å²) >= 11 is 0. The molecule has 0 aromatic carbocycles. The molecule has 0 bridgehead atoms. The van der Waals surface area contributed by atoms with Crippen LogP contribution in [0.4, 0.5) is 5.82 Å². The van der Waals surface area contributed by atoms with Crippen molar-refractivity contribution in [3.8, 4) is 28.7 Å². The summed E-state index contributed by atoms with van der Waals surface area (Å²) in [6.07, 6.45) is 6.74. The molecule has 0 amide bonds. The van der Waals surface area contributed by atoms with Gasteiger partial charge in [0.15, 0.2) is 5.82 Å². The molecule has 0 spiro atoms. The Kier molecular flexibility index (Phi) is 4.46. The van der Waals surface area contributed by atoms with Gasteiger partial charge in [-0.05, 0) is 20.3 Å². The molecule has 2 aliphatic rings. The fourth-order valence-corrected chi connectivity index (χ4v) is 3.99. The van der Waals surface area contributed by atoms with Crippen molar-refractivity contribution >= 4 is 5.82 Å². The van der Waals surface area contributed by atoms with Crippen molar-refractivity contribution in [2.45, 2.75) is 39.0 Å². The average Bonchev–Trinajstić information content (AvgIpc) is 3.45. The normalized spacial score (nSPS) is 18.5. The zero-order valence-corrected chi connectivity index (χ0v) is 16.9. The minimum Gasteiger partial charge on any atom is -0.491 e. The molecule has 9 heteroatoms. The predicted octanol–water partition coefficient (Wildman–Crippen LogP) is 2.40. The van der Waals surface area contributed by atoms with Gasteiger partial charge in [0.05, 0.1) is 18.2 Å². The summed E-state index contributed by atoms with van der Waals surface area (Å²) < 4.78 is 15.5. The van der Waals surface area contributed by atoms with Gasteiger partial charge in [0.25, 0.3) is 0 Å². The molecule has 0 unspecified atom stereocenters. The first kappa shape index (κ1) is 18.1. The first-order chi connectivity index (χ1) is 14.1. The van der Waals surface area contributed by atoms with Crippen LogP contribution in [0, 0.1) is 0 Å². The fraction of sp³-hybridized carbons (Fsp3) is 0.500. The highest BCUT2D eigenvalue weighted by atomic mass is 16.5. The smallest absolute Gasteiger partial charge is 0.178 e. The van der Waals surface area contributed by atoms with Crippen LogP contribution in [0.25, 0.3) is 22.9 Å². The van der Waals surface area contributed by atoms with Gasteiger partial charge in [-0.25, -0.2) is 19.6 Å². The van der Waals surface area contributed by atoms with E-state index in [9.17, 15) is 0 Å². The number of pyridine rings is 1. The highest BCUT2D eigenvalue weighted by Gasteiger charge is 2.26. The highest BCUT2D eigenvalue weighted by molar-refractivity contribution is 5.69. The number of imidazole rings is 1. The van der Waals surface area contributed by atoms with E-state index in [4.69, 9.17) is 19.4 Å². The summed E-state index contributed by atoms with van der Waals surface area (Å²) in [7, 11) is 1.76. The average molecular weight is 395 g/mol. The van der Waals surface area contributed by atoms with Gasteiger partial charge >= 0.3 is 0 Å². The lowest BCUT2D eigenvalue weighted by molar-refractivity contribution is 0.121. The number of nitrogens with zero attached hydrogens (tertiary/aromatic N) is 7. The molecule has 152 valence electrons. The summed E-state index contributed by atoms with van der Waals surface area (Å²) in [6, 6.07) is 2.24. The van der Waals surface area contributed by atoms with Gasteiger partial charge in [-0.3, -0.25) is 0 Å². The summed E-state index contributed by atoms with van der Waals surface area (Å²) in [4.78, 5) is 16.2. The Bertz CT molecular complexity index is 1030. The zero-order chi connectivity index (χ0) is 20.0. The minimum atomic E-state index is 0.213. The molecule has 0 radical (unpaired) electrons. The topological polar surface area (TPSA) is 83.1 Å². The molecule has 1 atom stereocenters. The lowest BCUT2D eigenvalue weighted by Gasteiger charge is -2.18. The molecule has 5 rings (SSSR count). The predicted molar refractivity (Wildman–Crippen MR) is 108 cm³/mol. The third-order valence-electron chi connectivity index (χ3n) is 5.55. The molecule has 0 saturated carbocycles. The van der Waals surface area contributed by atoms with E-state index in [0.29, 0.717) is 6.61 Å². The van der Waals surface area contributed by atoms with Crippen LogP contribution in [0.2, 0.25) is 0 Å². The standard InChI is InChI=1S/C20H25N7O2/c1-13(2)27-20(22-12-23-27)16-11-26-6-7-29-17-8-18(21-9-15(17)19(26)24-16)25-5-4-14(10-25)28-3/h8-9,11-14H,4-7,10H2,1-3H3/t14-/m0/s1. The number of hydrogen-bond donors (Lipinski definition) is 0. The van der Waals surface area contributed by atoms with Crippen LogP contribution in [0.5, 0.6) is 5.75 Å². The van der Waals surface area contributed by atoms with E-state index in [-0.39, 0.29) is 12.1 Å². The summed E-state index contributed by atoms with van der Waals surface area (Å²) in [5.74, 6) is 3.36. The molecule has 0 aliphatic carbocycles. The number of methoxy groups -OCH3 is 1. The van der Waals surface area contributed by atoms with Gasteiger partial charge in [0, 0.05) is 44.7 Å². The third kappa shape index (κ3) is 3.15. The fourth-order valence-electron chi connectivity index (χ4n) is 3.99. The van der Waals surface area contributed by atoms with E-state index in [1.807, 2.05) is 23.1 Å². The Morgan fingerprint density at radius 1 is 1.21 bits per heavy atom. The molecular weight excluding hydrogens is 370 g/mol. The van der Waals surface area contributed by atoms with E-state index < -0.39 is 0 Å². The summed E-state index contributed by atoms with van der Waals surface area (Å²) in [5, 5.41) is 4.33. The van der Waals surface area contributed by atoms with Crippen molar-refractivity contribution in [3.05, 3.63) is 24.8 Å². The van der Waals surface area contributed by atoms with Gasteiger partial charge in [0.2, 0.25) is 0 Å². The molecule has 3 aromatic rings. The zero-order valence-electron chi connectivity index (χ0n) is 16.9. The van der Waals surface area contributed by atoms with Gasteiger partial charge in [0.1, 0.15) is 36.0 Å². The van der Waals surface area contributed by atoms with Crippen molar-refractivity contribution in [2.75, 3.05) is 31.7 Å². The molecule has 1 saturated heterocycles. The van der Waals surface area contributed by atoms with Crippen molar-refractivity contribution in [2.24, 2.45) is 0 Å². The highest BCUT2D eigenvalue weighted by Crippen LogP contribution is 2.36. The van der Waals surface area contributed by atoms with Crippen molar-refractivity contribution in [1.29, 1.82) is 0 Å². The number of ether oxygens (including phenoxy) is 2. The molecular formula is C20H25N7O2. The van der Waals surface area contributed by atoms with Gasteiger partial charge in [-0.2, -0.15) is 5.10 Å². The van der Waals surface area contributed by atoms with E-state index in [0.717, 1.165) is 60.5 Å². The Labute approximate surface area is 169 Å².